The van der Waals surface area contributed by atoms with Crippen LogP contribution in [0.25, 0.3) is 0 Å². The Labute approximate surface area is 118 Å². The van der Waals surface area contributed by atoms with Crippen LogP contribution in [0, 0.1) is 0 Å². The predicted molar refractivity (Wildman–Crippen MR) is 79.6 cm³/mol. The second kappa shape index (κ2) is 6.11. The van der Waals surface area contributed by atoms with Crippen LogP contribution in [-0.2, 0) is 16.4 Å². The molecule has 5 nitrogen and oxygen atoms in total. The minimum atomic E-state index is -3.04. The summed E-state index contributed by atoms with van der Waals surface area (Å²) < 4.78 is 24.2. The van der Waals surface area contributed by atoms with E-state index < -0.39 is 9.84 Å². The molecule has 1 atom stereocenters. The Kier molecular flexibility index (Phi) is 4.70. The van der Waals surface area contributed by atoms with Gasteiger partial charge < -0.3 is 5.73 Å². The van der Waals surface area contributed by atoms with Crippen molar-refractivity contribution in [2.24, 2.45) is 0 Å². The van der Waals surface area contributed by atoms with Crippen molar-refractivity contribution in [1.29, 1.82) is 0 Å². The Bertz CT molecular complexity index is 516. The average molecular weight is 301 g/mol. The van der Waals surface area contributed by atoms with Crippen LogP contribution in [0.2, 0.25) is 0 Å². The first-order valence-corrected chi connectivity index (χ1v) is 9.13. The number of nitrogens with zero attached hydrogens (tertiary/aromatic N) is 2. The zero-order valence-electron chi connectivity index (χ0n) is 10.9. The van der Waals surface area contributed by atoms with E-state index in [2.05, 4.69) is 4.98 Å². The van der Waals surface area contributed by atoms with Gasteiger partial charge in [0.2, 0.25) is 0 Å². The quantitative estimate of drug-likeness (QED) is 0.893. The van der Waals surface area contributed by atoms with Crippen molar-refractivity contribution >= 4 is 27.4 Å². The Hall–Kier alpha value is -0.790. The lowest BCUT2D eigenvalue weighted by atomic mass is 10.2. The highest BCUT2D eigenvalue weighted by Gasteiger charge is 2.32. The Morgan fingerprint density at radius 2 is 2.32 bits per heavy atom. The highest BCUT2D eigenvalue weighted by Crippen LogP contribution is 2.23. The molecule has 0 saturated carbocycles. The van der Waals surface area contributed by atoms with E-state index in [4.69, 9.17) is 5.73 Å². The third-order valence-corrected chi connectivity index (χ3v) is 6.57. The maximum absolute atomic E-state index is 12.1. The van der Waals surface area contributed by atoms with Crippen molar-refractivity contribution < 1.29 is 8.42 Å². The largest absolute Gasteiger partial charge is 0.384 e. The number of rotatable bonds is 4. The first kappa shape index (κ1) is 14.6. The summed E-state index contributed by atoms with van der Waals surface area (Å²) in [6.07, 6.45) is 1.71. The van der Waals surface area contributed by atoms with Crippen molar-refractivity contribution in [2.75, 3.05) is 29.5 Å². The number of sulfone groups is 1. The molecule has 1 aliphatic rings. The molecule has 1 saturated heterocycles. The molecule has 0 aromatic carbocycles. The molecule has 1 aromatic heterocycles. The first-order valence-electron chi connectivity index (χ1n) is 6.26. The van der Waals surface area contributed by atoms with Gasteiger partial charge in [-0.25, -0.2) is 13.4 Å². The fourth-order valence-corrected chi connectivity index (χ4v) is 5.16. The van der Waals surface area contributed by atoms with Gasteiger partial charge in [-0.2, -0.15) is 11.8 Å². The second-order valence-electron chi connectivity index (χ2n) is 4.54. The van der Waals surface area contributed by atoms with Gasteiger partial charge in [0.1, 0.15) is 11.2 Å². The maximum atomic E-state index is 12.1. The van der Waals surface area contributed by atoms with E-state index >= 15 is 0 Å². The van der Waals surface area contributed by atoms with Gasteiger partial charge >= 0.3 is 0 Å². The topological polar surface area (TPSA) is 76.3 Å². The zero-order valence-corrected chi connectivity index (χ0v) is 12.6. The monoisotopic (exact) mass is 301 g/mol. The van der Waals surface area contributed by atoms with E-state index in [1.54, 1.807) is 30.9 Å². The van der Waals surface area contributed by atoms with E-state index in [1.807, 2.05) is 11.0 Å². The van der Waals surface area contributed by atoms with Crippen LogP contribution >= 0.6 is 11.8 Å². The van der Waals surface area contributed by atoms with E-state index in [9.17, 15) is 8.42 Å². The number of nitrogen functional groups attached to an aromatic ring is 1. The molecule has 0 radical (unpaired) electrons. The van der Waals surface area contributed by atoms with Gasteiger partial charge in [-0.15, -0.1) is 0 Å². The van der Waals surface area contributed by atoms with Gasteiger partial charge in [0, 0.05) is 36.5 Å². The molecule has 0 amide bonds. The van der Waals surface area contributed by atoms with Gasteiger partial charge in [0.05, 0.1) is 0 Å². The summed E-state index contributed by atoms with van der Waals surface area (Å²) in [6, 6.07) is 3.65. The number of thioether (sulfide) groups is 1. The minimum Gasteiger partial charge on any atom is -0.384 e. The molecule has 1 fully saturated rings. The van der Waals surface area contributed by atoms with Crippen molar-refractivity contribution in [1.82, 2.24) is 9.88 Å². The van der Waals surface area contributed by atoms with E-state index in [0.717, 1.165) is 17.9 Å². The molecule has 106 valence electrons. The second-order valence-corrected chi connectivity index (χ2v) is 8.14. The Balaban J connectivity index is 2.14. The lowest BCUT2D eigenvalue weighted by Gasteiger charge is -2.34. The molecule has 1 unspecified atom stereocenters. The summed E-state index contributed by atoms with van der Waals surface area (Å²) in [6.45, 7) is 3.11. The van der Waals surface area contributed by atoms with E-state index in [0.29, 0.717) is 18.1 Å². The zero-order chi connectivity index (χ0) is 13.9. The summed E-state index contributed by atoms with van der Waals surface area (Å²) >= 11 is 1.71. The van der Waals surface area contributed by atoms with Crippen molar-refractivity contribution in [3.05, 3.63) is 23.9 Å². The van der Waals surface area contributed by atoms with Crippen LogP contribution in [0.15, 0.2) is 18.3 Å². The molecule has 1 aromatic rings. The van der Waals surface area contributed by atoms with Crippen molar-refractivity contribution in [3.8, 4) is 0 Å². The standard InChI is InChI=1S/C12H19N3O2S2/c1-2-19(16,17)12-9-18-6-5-15(12)8-10-3-4-11(13)14-7-10/h3-4,7,12H,2,5-6,8-9H2,1H3,(H2,13,14). The van der Waals surface area contributed by atoms with Gasteiger partial charge in [0.15, 0.2) is 9.84 Å². The van der Waals surface area contributed by atoms with Crippen LogP contribution in [0.1, 0.15) is 12.5 Å². The van der Waals surface area contributed by atoms with E-state index in [1.165, 1.54) is 0 Å². The number of anilines is 1. The maximum Gasteiger partial charge on any atom is 0.166 e. The smallest absolute Gasteiger partial charge is 0.166 e. The molecular weight excluding hydrogens is 282 g/mol. The molecule has 0 aliphatic carbocycles. The third kappa shape index (κ3) is 3.61. The summed E-state index contributed by atoms with van der Waals surface area (Å²) in [5, 5.41) is -0.381. The molecule has 7 heteroatoms. The molecule has 2 rings (SSSR count). The van der Waals surface area contributed by atoms with Crippen LogP contribution in [-0.4, -0.2) is 47.5 Å². The molecular formula is C12H19N3O2S2. The number of hydrogen-bond donors (Lipinski definition) is 1. The number of aromatic nitrogens is 1. The van der Waals surface area contributed by atoms with Crippen LogP contribution in [0.5, 0.6) is 0 Å². The van der Waals surface area contributed by atoms with Gasteiger partial charge in [0.25, 0.3) is 0 Å². The Morgan fingerprint density at radius 3 is 2.95 bits per heavy atom. The van der Waals surface area contributed by atoms with Crippen LogP contribution in [0.4, 0.5) is 5.82 Å². The number of nitrogens with two attached hydrogens (primary N) is 1. The lowest BCUT2D eigenvalue weighted by Crippen LogP contribution is -2.47. The fourth-order valence-electron chi connectivity index (χ4n) is 2.08. The molecule has 1 aliphatic heterocycles. The summed E-state index contributed by atoms with van der Waals surface area (Å²) in [5.74, 6) is 2.29. The van der Waals surface area contributed by atoms with Crippen LogP contribution < -0.4 is 5.73 Å². The van der Waals surface area contributed by atoms with Gasteiger partial charge in [-0.05, 0) is 11.6 Å². The summed E-state index contributed by atoms with van der Waals surface area (Å²) in [5.41, 5.74) is 6.55. The van der Waals surface area contributed by atoms with Gasteiger partial charge in [-0.3, -0.25) is 4.90 Å². The van der Waals surface area contributed by atoms with Crippen molar-refractivity contribution in [2.45, 2.75) is 18.8 Å². The van der Waals surface area contributed by atoms with E-state index in [-0.39, 0.29) is 11.1 Å². The molecule has 2 heterocycles. The highest BCUT2D eigenvalue weighted by molar-refractivity contribution is 8.01. The Morgan fingerprint density at radius 1 is 1.53 bits per heavy atom. The molecule has 0 bridgehead atoms. The van der Waals surface area contributed by atoms with Crippen LogP contribution in [0.3, 0.4) is 0 Å². The van der Waals surface area contributed by atoms with Crippen molar-refractivity contribution in [3.63, 3.8) is 0 Å². The number of hydrogen-bond acceptors (Lipinski definition) is 6. The first-order chi connectivity index (χ1) is 9.03. The molecule has 2 N–H and O–H groups in total. The summed E-state index contributed by atoms with van der Waals surface area (Å²) in [7, 11) is -3.04. The normalized spacial score (nSPS) is 21.4. The number of pyridine rings is 1. The summed E-state index contributed by atoms with van der Waals surface area (Å²) in [4.78, 5) is 6.08. The fraction of sp³-hybridized carbons (Fsp3) is 0.583. The predicted octanol–water partition coefficient (Wildman–Crippen LogP) is 0.973. The third-order valence-electron chi connectivity index (χ3n) is 3.24. The molecule has 19 heavy (non-hydrogen) atoms. The average Bonchev–Trinajstić information content (AvgIpc) is 2.42. The highest BCUT2D eigenvalue weighted by atomic mass is 32.2. The minimum absolute atomic E-state index is 0.189. The van der Waals surface area contributed by atoms with Gasteiger partial charge in [-0.1, -0.05) is 13.0 Å². The SMILES string of the molecule is CCS(=O)(=O)C1CSCCN1Cc1ccc(N)nc1. The molecule has 0 spiro atoms. The lowest BCUT2D eigenvalue weighted by molar-refractivity contribution is 0.261.